The molecule has 0 saturated carbocycles. The van der Waals surface area contributed by atoms with E-state index in [-0.39, 0.29) is 16.7 Å². The number of nitrogen functional groups attached to an aromatic ring is 1. The minimum absolute atomic E-state index is 0.109. The summed E-state index contributed by atoms with van der Waals surface area (Å²) in [6.45, 7) is 0. The summed E-state index contributed by atoms with van der Waals surface area (Å²) in [6.07, 6.45) is 0. The van der Waals surface area contributed by atoms with Crippen LogP contribution in [0.25, 0.3) is 0 Å². The Hall–Kier alpha value is -0.250. The molecule has 13 heavy (non-hydrogen) atoms. The molecule has 2 nitrogen and oxygen atoms in total. The van der Waals surface area contributed by atoms with Crippen molar-refractivity contribution >= 4 is 50.6 Å². The van der Waals surface area contributed by atoms with Gasteiger partial charge in [-0.25, -0.2) is 0 Å². The molecule has 0 bridgehead atoms. The van der Waals surface area contributed by atoms with Crippen molar-refractivity contribution in [3.63, 3.8) is 0 Å². The van der Waals surface area contributed by atoms with E-state index < -0.39 is 0 Å². The summed E-state index contributed by atoms with van der Waals surface area (Å²) in [6, 6.07) is 3.29. The molecule has 0 aromatic heterocycles. The zero-order chi connectivity index (χ0) is 10.0. The quantitative estimate of drug-likeness (QED) is 0.515. The van der Waals surface area contributed by atoms with Gasteiger partial charge in [-0.3, -0.25) is 4.79 Å². The van der Waals surface area contributed by atoms with Crippen LogP contribution < -0.4 is 5.73 Å². The van der Waals surface area contributed by atoms with Crippen molar-refractivity contribution in [3.05, 3.63) is 27.2 Å². The third-order valence-electron chi connectivity index (χ3n) is 1.52. The molecule has 0 saturated heterocycles. The molecule has 0 heterocycles. The first-order valence-electron chi connectivity index (χ1n) is 3.40. The second kappa shape index (κ2) is 4.31. The molecule has 0 amide bonds. The van der Waals surface area contributed by atoms with E-state index in [0.29, 0.717) is 15.7 Å². The zero-order valence-electron chi connectivity index (χ0n) is 6.48. The number of halogens is 3. The number of anilines is 1. The smallest absolute Gasteiger partial charge is 0.180 e. The third kappa shape index (κ3) is 2.16. The molecule has 2 N–H and O–H groups in total. The second-order valence-corrected chi connectivity index (χ2v) is 3.88. The van der Waals surface area contributed by atoms with Gasteiger partial charge in [-0.05, 0) is 28.1 Å². The van der Waals surface area contributed by atoms with Crippen LogP contribution in [0.3, 0.4) is 0 Å². The molecule has 0 fully saturated rings. The molecule has 0 radical (unpaired) electrons. The number of benzene rings is 1. The van der Waals surface area contributed by atoms with Crippen LogP contribution in [0, 0.1) is 0 Å². The van der Waals surface area contributed by atoms with Crippen LogP contribution in [0.5, 0.6) is 0 Å². The summed E-state index contributed by atoms with van der Waals surface area (Å²) in [4.78, 5) is 11.3. The largest absolute Gasteiger partial charge is 0.398 e. The highest BCUT2D eigenvalue weighted by Gasteiger charge is 2.15. The summed E-state index contributed by atoms with van der Waals surface area (Å²) < 4.78 is 0.609. The fourth-order valence-corrected chi connectivity index (χ4v) is 1.96. The van der Waals surface area contributed by atoms with Crippen molar-refractivity contribution in [3.8, 4) is 0 Å². The molecule has 0 aliphatic heterocycles. The Labute approximate surface area is 94.1 Å². The SMILES string of the molecule is Nc1ccc(Br)c(C(=O)CCl)c1Cl. The Morgan fingerprint density at radius 3 is 2.69 bits per heavy atom. The second-order valence-electron chi connectivity index (χ2n) is 2.38. The highest BCUT2D eigenvalue weighted by Crippen LogP contribution is 2.30. The van der Waals surface area contributed by atoms with Gasteiger partial charge in [-0.15, -0.1) is 11.6 Å². The Balaban J connectivity index is 3.33. The van der Waals surface area contributed by atoms with Crippen LogP contribution in [-0.2, 0) is 0 Å². The zero-order valence-corrected chi connectivity index (χ0v) is 9.58. The van der Waals surface area contributed by atoms with E-state index in [2.05, 4.69) is 15.9 Å². The van der Waals surface area contributed by atoms with E-state index >= 15 is 0 Å². The highest BCUT2D eigenvalue weighted by atomic mass is 79.9. The van der Waals surface area contributed by atoms with Gasteiger partial charge in [0.15, 0.2) is 5.78 Å². The Morgan fingerprint density at radius 2 is 2.15 bits per heavy atom. The molecule has 5 heteroatoms. The number of alkyl halides is 1. The van der Waals surface area contributed by atoms with Gasteiger partial charge in [-0.1, -0.05) is 11.6 Å². The molecule has 0 aliphatic rings. The minimum atomic E-state index is -0.245. The maximum atomic E-state index is 11.3. The van der Waals surface area contributed by atoms with Gasteiger partial charge in [0.1, 0.15) is 0 Å². The van der Waals surface area contributed by atoms with E-state index in [1.807, 2.05) is 0 Å². The number of carbonyl (C=O) groups is 1. The molecular formula is C8H6BrCl2NO. The average Bonchev–Trinajstić information content (AvgIpc) is 2.12. The van der Waals surface area contributed by atoms with Gasteiger partial charge in [0.2, 0.25) is 0 Å². The Kier molecular flexibility index (Phi) is 3.59. The van der Waals surface area contributed by atoms with Gasteiger partial charge < -0.3 is 5.73 Å². The van der Waals surface area contributed by atoms with Crippen molar-refractivity contribution in [2.24, 2.45) is 0 Å². The lowest BCUT2D eigenvalue weighted by Gasteiger charge is -2.06. The predicted molar refractivity (Wildman–Crippen MR) is 58.6 cm³/mol. The van der Waals surface area contributed by atoms with Crippen molar-refractivity contribution in [1.29, 1.82) is 0 Å². The fraction of sp³-hybridized carbons (Fsp3) is 0.125. The van der Waals surface area contributed by atoms with Crippen LogP contribution in [-0.4, -0.2) is 11.7 Å². The van der Waals surface area contributed by atoms with Crippen LogP contribution >= 0.6 is 39.1 Å². The van der Waals surface area contributed by atoms with Crippen molar-refractivity contribution < 1.29 is 4.79 Å². The number of hydrogen-bond acceptors (Lipinski definition) is 2. The number of hydrogen-bond donors (Lipinski definition) is 1. The molecule has 70 valence electrons. The normalized spacial score (nSPS) is 10.1. The average molecular weight is 283 g/mol. The number of ketones is 1. The van der Waals surface area contributed by atoms with Gasteiger partial charge in [0.05, 0.1) is 22.2 Å². The fourth-order valence-electron chi connectivity index (χ4n) is 0.891. The van der Waals surface area contributed by atoms with Crippen LogP contribution in [0.15, 0.2) is 16.6 Å². The lowest BCUT2D eigenvalue weighted by molar-refractivity contribution is 0.102. The molecule has 1 aromatic carbocycles. The van der Waals surface area contributed by atoms with Gasteiger partial charge in [0, 0.05) is 4.47 Å². The first-order valence-corrected chi connectivity index (χ1v) is 5.11. The summed E-state index contributed by atoms with van der Waals surface area (Å²) in [5.74, 6) is -0.354. The van der Waals surface area contributed by atoms with Crippen molar-refractivity contribution in [1.82, 2.24) is 0 Å². The van der Waals surface area contributed by atoms with E-state index in [1.54, 1.807) is 12.1 Å². The lowest BCUT2D eigenvalue weighted by atomic mass is 10.1. The highest BCUT2D eigenvalue weighted by molar-refractivity contribution is 9.10. The summed E-state index contributed by atoms with van der Waals surface area (Å²) in [5, 5.41) is 0.250. The van der Waals surface area contributed by atoms with Crippen LogP contribution in [0.4, 0.5) is 5.69 Å². The summed E-state index contributed by atoms with van der Waals surface area (Å²) in [5.41, 5.74) is 6.25. The van der Waals surface area contributed by atoms with Crippen molar-refractivity contribution in [2.45, 2.75) is 0 Å². The lowest BCUT2D eigenvalue weighted by Crippen LogP contribution is -2.04. The Morgan fingerprint density at radius 1 is 1.54 bits per heavy atom. The third-order valence-corrected chi connectivity index (χ3v) is 2.83. The van der Waals surface area contributed by atoms with E-state index in [0.717, 1.165) is 0 Å². The molecule has 0 unspecified atom stereocenters. The first kappa shape index (κ1) is 10.8. The standard InChI is InChI=1S/C8H6BrCl2NO/c9-4-1-2-5(12)8(11)7(4)6(13)3-10/h1-2H,3,12H2. The molecule has 0 aliphatic carbocycles. The molecule has 0 spiro atoms. The maximum Gasteiger partial charge on any atom is 0.180 e. The molecular weight excluding hydrogens is 277 g/mol. The summed E-state index contributed by atoms with van der Waals surface area (Å²) in [7, 11) is 0. The molecule has 0 atom stereocenters. The van der Waals surface area contributed by atoms with E-state index in [4.69, 9.17) is 28.9 Å². The monoisotopic (exact) mass is 281 g/mol. The van der Waals surface area contributed by atoms with E-state index in [9.17, 15) is 4.79 Å². The van der Waals surface area contributed by atoms with Crippen molar-refractivity contribution in [2.75, 3.05) is 11.6 Å². The Bertz CT molecular complexity index is 354. The van der Waals surface area contributed by atoms with Gasteiger partial charge >= 0.3 is 0 Å². The maximum absolute atomic E-state index is 11.3. The summed E-state index contributed by atoms with van der Waals surface area (Å²) >= 11 is 14.5. The molecule has 1 aromatic rings. The van der Waals surface area contributed by atoms with Gasteiger partial charge in [0.25, 0.3) is 0 Å². The number of rotatable bonds is 2. The predicted octanol–water partition coefficient (Wildman–Crippen LogP) is 3.11. The van der Waals surface area contributed by atoms with Crippen LogP contribution in [0.2, 0.25) is 5.02 Å². The van der Waals surface area contributed by atoms with E-state index in [1.165, 1.54) is 0 Å². The number of nitrogens with two attached hydrogens (primary N) is 1. The molecule has 1 rings (SSSR count). The minimum Gasteiger partial charge on any atom is -0.398 e. The first-order chi connectivity index (χ1) is 6.07. The topological polar surface area (TPSA) is 43.1 Å². The van der Waals surface area contributed by atoms with Gasteiger partial charge in [-0.2, -0.15) is 0 Å². The number of Topliss-reactive ketones (excluding diaryl/α,β-unsaturated/α-hetero) is 1. The number of carbonyl (C=O) groups excluding carboxylic acids is 1. The van der Waals surface area contributed by atoms with Crippen LogP contribution in [0.1, 0.15) is 10.4 Å².